The molecule has 0 saturated heterocycles. The summed E-state index contributed by atoms with van der Waals surface area (Å²) in [5, 5.41) is 9.88. The number of aliphatic hydroxyl groups is 1. The molecule has 1 unspecified atom stereocenters. The third kappa shape index (κ3) is 3.54. The fraction of sp³-hybridized carbons (Fsp3) is 0.538. The molecule has 0 aromatic heterocycles. The molecule has 4 heteroatoms. The van der Waals surface area contributed by atoms with Crippen LogP contribution in [0.2, 0.25) is 0 Å². The van der Waals surface area contributed by atoms with Crippen LogP contribution in [0.3, 0.4) is 0 Å². The van der Waals surface area contributed by atoms with Gasteiger partial charge >= 0.3 is 0 Å². The average Bonchev–Trinajstić information content (AvgIpc) is 2.34. The SMILES string of the molecule is COc1cccc(N(C)CCSC)c1C(C)O. The molecule has 96 valence electrons. The lowest BCUT2D eigenvalue weighted by molar-refractivity contribution is 0.194. The fourth-order valence-corrected chi connectivity index (χ4v) is 2.27. The van der Waals surface area contributed by atoms with Crippen LogP contribution in [0, 0.1) is 0 Å². The van der Waals surface area contributed by atoms with Crippen molar-refractivity contribution in [1.29, 1.82) is 0 Å². The number of anilines is 1. The van der Waals surface area contributed by atoms with E-state index >= 15 is 0 Å². The van der Waals surface area contributed by atoms with Gasteiger partial charge in [0, 0.05) is 30.6 Å². The van der Waals surface area contributed by atoms with Gasteiger partial charge in [-0.05, 0) is 25.3 Å². The molecule has 0 fully saturated rings. The Morgan fingerprint density at radius 1 is 1.47 bits per heavy atom. The van der Waals surface area contributed by atoms with Crippen LogP contribution < -0.4 is 9.64 Å². The van der Waals surface area contributed by atoms with Gasteiger partial charge in [0.2, 0.25) is 0 Å². The van der Waals surface area contributed by atoms with E-state index in [1.807, 2.05) is 37.0 Å². The second-order valence-electron chi connectivity index (χ2n) is 3.98. The Bertz CT molecular complexity index is 355. The Morgan fingerprint density at radius 2 is 2.18 bits per heavy atom. The van der Waals surface area contributed by atoms with Crippen LogP contribution in [0.1, 0.15) is 18.6 Å². The highest BCUT2D eigenvalue weighted by Crippen LogP contribution is 2.33. The predicted molar refractivity (Wildman–Crippen MR) is 75.3 cm³/mol. The van der Waals surface area contributed by atoms with Crippen molar-refractivity contribution in [2.24, 2.45) is 0 Å². The normalized spacial score (nSPS) is 12.3. The van der Waals surface area contributed by atoms with E-state index in [0.717, 1.165) is 29.3 Å². The summed E-state index contributed by atoms with van der Waals surface area (Å²) in [5.74, 6) is 1.81. The third-order valence-corrected chi connectivity index (χ3v) is 3.31. The number of ether oxygens (including phenoxy) is 1. The van der Waals surface area contributed by atoms with Crippen molar-refractivity contribution >= 4 is 17.4 Å². The first-order valence-corrected chi connectivity index (χ1v) is 7.06. The second kappa shape index (κ2) is 6.77. The maximum Gasteiger partial charge on any atom is 0.126 e. The van der Waals surface area contributed by atoms with Crippen molar-refractivity contribution in [2.45, 2.75) is 13.0 Å². The number of aliphatic hydroxyl groups excluding tert-OH is 1. The summed E-state index contributed by atoms with van der Waals surface area (Å²) in [6.07, 6.45) is 1.56. The second-order valence-corrected chi connectivity index (χ2v) is 4.97. The van der Waals surface area contributed by atoms with Crippen molar-refractivity contribution < 1.29 is 9.84 Å². The molecule has 0 amide bonds. The van der Waals surface area contributed by atoms with Crippen molar-refractivity contribution in [1.82, 2.24) is 0 Å². The highest BCUT2D eigenvalue weighted by atomic mass is 32.2. The third-order valence-electron chi connectivity index (χ3n) is 2.72. The van der Waals surface area contributed by atoms with Crippen LogP contribution in [-0.2, 0) is 0 Å². The van der Waals surface area contributed by atoms with Crippen LogP contribution in [0.25, 0.3) is 0 Å². The van der Waals surface area contributed by atoms with Gasteiger partial charge in [0.05, 0.1) is 13.2 Å². The molecule has 0 saturated carbocycles. The summed E-state index contributed by atoms with van der Waals surface area (Å²) in [7, 11) is 3.67. The molecule has 0 aliphatic carbocycles. The first kappa shape index (κ1) is 14.2. The van der Waals surface area contributed by atoms with Gasteiger partial charge in [0.1, 0.15) is 5.75 Å². The van der Waals surface area contributed by atoms with Crippen LogP contribution >= 0.6 is 11.8 Å². The van der Waals surface area contributed by atoms with E-state index in [1.54, 1.807) is 14.0 Å². The Labute approximate surface area is 108 Å². The molecule has 0 radical (unpaired) electrons. The van der Waals surface area contributed by atoms with Crippen LogP contribution in [0.15, 0.2) is 18.2 Å². The molecule has 17 heavy (non-hydrogen) atoms. The van der Waals surface area contributed by atoms with Crippen molar-refractivity contribution in [3.05, 3.63) is 23.8 Å². The molecule has 1 aromatic rings. The standard InChI is InChI=1S/C13H21NO2S/c1-10(15)13-11(14(2)8-9-17-4)6-5-7-12(13)16-3/h5-7,10,15H,8-9H2,1-4H3. The molecule has 0 aliphatic heterocycles. The predicted octanol–water partition coefficient (Wildman–Crippen LogP) is 2.55. The van der Waals surface area contributed by atoms with E-state index in [-0.39, 0.29) is 0 Å². The minimum absolute atomic E-state index is 0.530. The number of nitrogens with zero attached hydrogens (tertiary/aromatic N) is 1. The highest BCUT2D eigenvalue weighted by molar-refractivity contribution is 7.98. The van der Waals surface area contributed by atoms with Gasteiger partial charge in [-0.15, -0.1) is 0 Å². The maximum absolute atomic E-state index is 9.88. The maximum atomic E-state index is 9.88. The number of benzene rings is 1. The summed E-state index contributed by atoms with van der Waals surface area (Å²) in [6.45, 7) is 2.72. The van der Waals surface area contributed by atoms with Crippen LogP contribution in [0.5, 0.6) is 5.75 Å². The summed E-state index contributed by atoms with van der Waals surface area (Å²) >= 11 is 1.81. The van der Waals surface area contributed by atoms with E-state index in [1.165, 1.54) is 0 Å². The van der Waals surface area contributed by atoms with Gasteiger partial charge < -0.3 is 14.7 Å². The van der Waals surface area contributed by atoms with Gasteiger partial charge in [-0.3, -0.25) is 0 Å². The molecular weight excluding hydrogens is 234 g/mol. The zero-order valence-electron chi connectivity index (χ0n) is 10.9. The number of thioether (sulfide) groups is 1. The first-order valence-electron chi connectivity index (χ1n) is 5.66. The fourth-order valence-electron chi connectivity index (χ4n) is 1.81. The first-order chi connectivity index (χ1) is 8.11. The smallest absolute Gasteiger partial charge is 0.126 e. The lowest BCUT2D eigenvalue weighted by Gasteiger charge is -2.24. The molecule has 0 heterocycles. The molecule has 1 rings (SSSR count). The van der Waals surface area contributed by atoms with Gasteiger partial charge in [0.25, 0.3) is 0 Å². The summed E-state index contributed by atoms with van der Waals surface area (Å²) in [4.78, 5) is 2.15. The number of hydrogen-bond acceptors (Lipinski definition) is 4. The molecule has 0 spiro atoms. The minimum atomic E-state index is -0.530. The van der Waals surface area contributed by atoms with E-state index in [0.29, 0.717) is 0 Å². The quantitative estimate of drug-likeness (QED) is 0.847. The molecule has 3 nitrogen and oxygen atoms in total. The minimum Gasteiger partial charge on any atom is -0.496 e. The lowest BCUT2D eigenvalue weighted by atomic mass is 10.1. The van der Waals surface area contributed by atoms with Gasteiger partial charge in [-0.2, -0.15) is 11.8 Å². The Morgan fingerprint density at radius 3 is 2.71 bits per heavy atom. The molecule has 0 aliphatic rings. The molecular formula is C13H21NO2S. The van der Waals surface area contributed by atoms with Crippen molar-refractivity contribution in [3.8, 4) is 5.75 Å². The molecule has 0 bridgehead atoms. The monoisotopic (exact) mass is 255 g/mol. The molecule has 1 aromatic carbocycles. The molecule has 1 atom stereocenters. The van der Waals surface area contributed by atoms with Gasteiger partial charge in [-0.25, -0.2) is 0 Å². The lowest BCUT2D eigenvalue weighted by Crippen LogP contribution is -2.22. The van der Waals surface area contributed by atoms with E-state index in [2.05, 4.69) is 11.2 Å². The average molecular weight is 255 g/mol. The summed E-state index contributed by atoms with van der Waals surface area (Å²) in [5.41, 5.74) is 1.90. The van der Waals surface area contributed by atoms with Crippen molar-refractivity contribution in [2.75, 3.05) is 37.6 Å². The number of hydrogen-bond donors (Lipinski definition) is 1. The number of rotatable bonds is 6. The van der Waals surface area contributed by atoms with E-state index < -0.39 is 6.10 Å². The van der Waals surface area contributed by atoms with E-state index in [9.17, 15) is 5.11 Å². The Balaban J connectivity index is 3.05. The molecule has 1 N–H and O–H groups in total. The van der Waals surface area contributed by atoms with Crippen molar-refractivity contribution in [3.63, 3.8) is 0 Å². The highest BCUT2D eigenvalue weighted by Gasteiger charge is 2.16. The van der Waals surface area contributed by atoms with E-state index in [4.69, 9.17) is 4.74 Å². The van der Waals surface area contributed by atoms with Crippen LogP contribution in [-0.4, -0.2) is 37.8 Å². The largest absolute Gasteiger partial charge is 0.496 e. The van der Waals surface area contributed by atoms with Gasteiger partial charge in [-0.1, -0.05) is 6.07 Å². The zero-order valence-corrected chi connectivity index (χ0v) is 11.8. The zero-order chi connectivity index (χ0) is 12.8. The Kier molecular flexibility index (Phi) is 5.65. The topological polar surface area (TPSA) is 32.7 Å². The summed E-state index contributed by atoms with van der Waals surface area (Å²) < 4.78 is 5.31. The summed E-state index contributed by atoms with van der Waals surface area (Å²) in [6, 6.07) is 5.86. The number of methoxy groups -OCH3 is 1. The van der Waals surface area contributed by atoms with Gasteiger partial charge in [0.15, 0.2) is 0 Å². The van der Waals surface area contributed by atoms with Crippen LogP contribution in [0.4, 0.5) is 5.69 Å². The Hall–Kier alpha value is -0.870.